The van der Waals surface area contributed by atoms with Crippen LogP contribution in [0.3, 0.4) is 0 Å². The summed E-state index contributed by atoms with van der Waals surface area (Å²) in [5.74, 6) is 0. The van der Waals surface area contributed by atoms with E-state index in [0.29, 0.717) is 5.69 Å². The molecule has 2 aromatic rings. The first-order valence-electron chi connectivity index (χ1n) is 5.75. The van der Waals surface area contributed by atoms with E-state index in [1.807, 2.05) is 22.8 Å². The van der Waals surface area contributed by atoms with Crippen molar-refractivity contribution in [2.75, 3.05) is 5.73 Å². The molecule has 3 heteroatoms. The zero-order chi connectivity index (χ0) is 12.1. The first-order valence-corrected chi connectivity index (χ1v) is 5.75. The minimum atomic E-state index is -0.107. The van der Waals surface area contributed by atoms with E-state index in [1.54, 1.807) is 12.4 Å². The summed E-state index contributed by atoms with van der Waals surface area (Å²) in [7, 11) is 0. The molecule has 0 unspecified atom stereocenters. The van der Waals surface area contributed by atoms with Crippen LogP contribution in [0, 0.1) is 0 Å². The van der Waals surface area contributed by atoms with Crippen molar-refractivity contribution in [2.24, 2.45) is 0 Å². The minimum absolute atomic E-state index is 0.107. The normalized spacial score (nSPS) is 10.4. The summed E-state index contributed by atoms with van der Waals surface area (Å²) in [6.45, 7) is 0.874. The van der Waals surface area contributed by atoms with Gasteiger partial charge in [0.1, 0.15) is 0 Å². The van der Waals surface area contributed by atoms with E-state index in [-0.39, 0.29) is 5.43 Å². The van der Waals surface area contributed by atoms with Gasteiger partial charge in [-0.05, 0) is 18.4 Å². The Hall–Kier alpha value is -2.03. The third kappa shape index (κ3) is 3.21. The maximum atomic E-state index is 11.1. The quantitative estimate of drug-likeness (QED) is 0.870. The Bertz CT molecular complexity index is 531. The Morgan fingerprint density at radius 1 is 1.12 bits per heavy atom. The van der Waals surface area contributed by atoms with Gasteiger partial charge in [0.25, 0.3) is 0 Å². The molecule has 0 amide bonds. The van der Waals surface area contributed by atoms with Crippen molar-refractivity contribution >= 4 is 5.69 Å². The number of benzene rings is 1. The lowest BCUT2D eigenvalue weighted by molar-refractivity contribution is 0.639. The fraction of sp³-hybridized carbons (Fsp3) is 0.214. The summed E-state index contributed by atoms with van der Waals surface area (Å²) in [4.78, 5) is 11.1. The van der Waals surface area contributed by atoms with Crippen molar-refractivity contribution in [3.8, 4) is 0 Å². The second-order valence-corrected chi connectivity index (χ2v) is 4.09. The van der Waals surface area contributed by atoms with Gasteiger partial charge < -0.3 is 10.3 Å². The van der Waals surface area contributed by atoms with Crippen LogP contribution in [-0.4, -0.2) is 4.57 Å². The molecule has 0 aliphatic heterocycles. The first-order chi connectivity index (χ1) is 8.25. The molecule has 0 aliphatic rings. The van der Waals surface area contributed by atoms with E-state index >= 15 is 0 Å². The summed E-state index contributed by atoms with van der Waals surface area (Å²) in [6.07, 6.45) is 5.55. The minimum Gasteiger partial charge on any atom is -0.394 e. The van der Waals surface area contributed by atoms with Gasteiger partial charge in [-0.3, -0.25) is 4.79 Å². The van der Waals surface area contributed by atoms with Gasteiger partial charge in [0, 0.05) is 25.0 Å². The molecule has 1 aromatic carbocycles. The molecule has 1 heterocycles. The summed E-state index contributed by atoms with van der Waals surface area (Å²) < 4.78 is 1.96. The number of pyridine rings is 1. The SMILES string of the molecule is Nc1cn(CCCc2ccccc2)ccc1=O. The summed E-state index contributed by atoms with van der Waals surface area (Å²) in [6, 6.07) is 11.9. The zero-order valence-corrected chi connectivity index (χ0v) is 9.67. The molecule has 2 N–H and O–H groups in total. The standard InChI is InChI=1S/C14H16N2O/c15-13-11-16(10-8-14(13)17)9-4-7-12-5-2-1-3-6-12/h1-3,5-6,8,10-11H,4,7,9,15H2. The molecule has 17 heavy (non-hydrogen) atoms. The van der Waals surface area contributed by atoms with Crippen molar-refractivity contribution in [1.82, 2.24) is 4.57 Å². The van der Waals surface area contributed by atoms with Crippen LogP contribution in [0.5, 0.6) is 0 Å². The van der Waals surface area contributed by atoms with E-state index < -0.39 is 0 Å². The van der Waals surface area contributed by atoms with Crippen LogP contribution in [-0.2, 0) is 13.0 Å². The predicted octanol–water partition coefficient (Wildman–Crippen LogP) is 2.06. The van der Waals surface area contributed by atoms with Crippen LogP contribution < -0.4 is 11.2 Å². The fourth-order valence-electron chi connectivity index (χ4n) is 1.79. The molecule has 0 spiro atoms. The summed E-state index contributed by atoms with van der Waals surface area (Å²) in [5, 5.41) is 0. The maximum absolute atomic E-state index is 11.1. The maximum Gasteiger partial charge on any atom is 0.204 e. The molecule has 0 fully saturated rings. The van der Waals surface area contributed by atoms with Crippen LogP contribution in [0.2, 0.25) is 0 Å². The van der Waals surface area contributed by atoms with Crippen LogP contribution in [0.1, 0.15) is 12.0 Å². The molecule has 0 saturated carbocycles. The predicted molar refractivity (Wildman–Crippen MR) is 69.9 cm³/mol. The smallest absolute Gasteiger partial charge is 0.204 e. The van der Waals surface area contributed by atoms with E-state index in [1.165, 1.54) is 11.6 Å². The number of aromatic nitrogens is 1. The van der Waals surface area contributed by atoms with Crippen LogP contribution >= 0.6 is 0 Å². The number of nitrogens with zero attached hydrogens (tertiary/aromatic N) is 1. The summed E-state index contributed by atoms with van der Waals surface area (Å²) >= 11 is 0. The highest BCUT2D eigenvalue weighted by atomic mass is 16.1. The Kier molecular flexibility index (Phi) is 3.60. The number of anilines is 1. The highest BCUT2D eigenvalue weighted by Gasteiger charge is 1.96. The molecule has 0 saturated heterocycles. The second kappa shape index (κ2) is 5.34. The highest BCUT2D eigenvalue weighted by molar-refractivity contribution is 5.33. The highest BCUT2D eigenvalue weighted by Crippen LogP contribution is 2.04. The molecule has 2 rings (SSSR count). The first kappa shape index (κ1) is 11.5. The van der Waals surface area contributed by atoms with E-state index in [0.717, 1.165) is 19.4 Å². The monoisotopic (exact) mass is 228 g/mol. The number of nitrogen functional groups attached to an aromatic ring is 1. The third-order valence-corrected chi connectivity index (χ3v) is 2.73. The molecule has 0 bridgehead atoms. The van der Waals surface area contributed by atoms with Gasteiger partial charge in [-0.25, -0.2) is 0 Å². The van der Waals surface area contributed by atoms with Gasteiger partial charge >= 0.3 is 0 Å². The average molecular weight is 228 g/mol. The Morgan fingerprint density at radius 3 is 2.59 bits per heavy atom. The van der Waals surface area contributed by atoms with Gasteiger partial charge in [0.15, 0.2) is 0 Å². The van der Waals surface area contributed by atoms with Crippen molar-refractivity contribution in [2.45, 2.75) is 19.4 Å². The second-order valence-electron chi connectivity index (χ2n) is 4.09. The van der Waals surface area contributed by atoms with Gasteiger partial charge in [-0.1, -0.05) is 30.3 Å². The van der Waals surface area contributed by atoms with Gasteiger partial charge in [0.05, 0.1) is 5.69 Å². The van der Waals surface area contributed by atoms with E-state index in [4.69, 9.17) is 5.73 Å². The van der Waals surface area contributed by atoms with Gasteiger partial charge in [0.2, 0.25) is 5.43 Å². The number of aryl methyl sites for hydroxylation is 2. The van der Waals surface area contributed by atoms with Crippen LogP contribution in [0.4, 0.5) is 5.69 Å². The lowest BCUT2D eigenvalue weighted by atomic mass is 10.1. The Balaban J connectivity index is 1.90. The largest absolute Gasteiger partial charge is 0.394 e. The fourth-order valence-corrected chi connectivity index (χ4v) is 1.79. The van der Waals surface area contributed by atoms with E-state index in [9.17, 15) is 4.79 Å². The van der Waals surface area contributed by atoms with Crippen molar-refractivity contribution in [1.29, 1.82) is 0 Å². The summed E-state index contributed by atoms with van der Waals surface area (Å²) in [5.41, 5.74) is 7.11. The third-order valence-electron chi connectivity index (χ3n) is 2.73. The molecular weight excluding hydrogens is 212 g/mol. The van der Waals surface area contributed by atoms with Crippen molar-refractivity contribution < 1.29 is 0 Å². The Labute approximate surface area is 101 Å². The molecule has 88 valence electrons. The number of hydrogen-bond acceptors (Lipinski definition) is 2. The molecule has 3 nitrogen and oxygen atoms in total. The molecule has 0 radical (unpaired) electrons. The molecule has 0 atom stereocenters. The zero-order valence-electron chi connectivity index (χ0n) is 9.67. The average Bonchev–Trinajstić information content (AvgIpc) is 2.35. The molecule has 0 aliphatic carbocycles. The van der Waals surface area contributed by atoms with Crippen LogP contribution in [0.15, 0.2) is 53.6 Å². The number of nitrogens with two attached hydrogens (primary N) is 1. The lowest BCUT2D eigenvalue weighted by Gasteiger charge is -2.06. The molecule has 1 aromatic heterocycles. The lowest BCUT2D eigenvalue weighted by Crippen LogP contribution is -2.11. The van der Waals surface area contributed by atoms with Gasteiger partial charge in [-0.2, -0.15) is 0 Å². The van der Waals surface area contributed by atoms with Crippen LogP contribution in [0.25, 0.3) is 0 Å². The number of hydrogen-bond donors (Lipinski definition) is 1. The topological polar surface area (TPSA) is 48.0 Å². The van der Waals surface area contributed by atoms with Crippen molar-refractivity contribution in [3.63, 3.8) is 0 Å². The molecular formula is C14H16N2O. The van der Waals surface area contributed by atoms with Crippen molar-refractivity contribution in [3.05, 3.63) is 64.6 Å². The Morgan fingerprint density at radius 2 is 1.88 bits per heavy atom. The number of rotatable bonds is 4. The van der Waals surface area contributed by atoms with E-state index in [2.05, 4.69) is 12.1 Å². The van der Waals surface area contributed by atoms with Gasteiger partial charge in [-0.15, -0.1) is 0 Å².